The highest BCUT2D eigenvalue weighted by Gasteiger charge is 2.14. The zero-order valence-corrected chi connectivity index (χ0v) is 14.3. The Balaban J connectivity index is 2.16. The molecule has 1 amide bonds. The number of aromatic nitrogens is 1. The van der Waals surface area contributed by atoms with E-state index in [-0.39, 0.29) is 17.7 Å². The zero-order valence-electron chi connectivity index (χ0n) is 13.5. The summed E-state index contributed by atoms with van der Waals surface area (Å²) in [6, 6.07) is 5.14. The van der Waals surface area contributed by atoms with E-state index in [0.717, 1.165) is 0 Å². The van der Waals surface area contributed by atoms with Gasteiger partial charge in [-0.15, -0.1) is 11.3 Å². The minimum atomic E-state index is -0.327. The molecule has 7 heteroatoms. The first kappa shape index (κ1) is 17.0. The lowest BCUT2D eigenvalue weighted by atomic mass is 10.1. The molecule has 6 nitrogen and oxygen atoms in total. The van der Waals surface area contributed by atoms with Crippen LogP contribution >= 0.6 is 11.3 Å². The molecule has 0 aliphatic carbocycles. The van der Waals surface area contributed by atoms with Crippen molar-refractivity contribution in [3.05, 3.63) is 34.8 Å². The van der Waals surface area contributed by atoms with Crippen molar-refractivity contribution in [3.63, 3.8) is 0 Å². The Labute approximate surface area is 138 Å². The zero-order chi connectivity index (χ0) is 17.0. The molecule has 23 heavy (non-hydrogen) atoms. The van der Waals surface area contributed by atoms with E-state index in [2.05, 4.69) is 15.6 Å². The fourth-order valence-electron chi connectivity index (χ4n) is 1.89. The normalized spacial score (nSPS) is 10.5. The summed E-state index contributed by atoms with van der Waals surface area (Å²) in [7, 11) is 1.49. The summed E-state index contributed by atoms with van der Waals surface area (Å²) in [5.41, 5.74) is 1.35. The molecule has 0 unspecified atom stereocenters. The third-order valence-corrected chi connectivity index (χ3v) is 3.78. The van der Waals surface area contributed by atoms with Gasteiger partial charge in [-0.1, -0.05) is 0 Å². The maximum absolute atomic E-state index is 12.3. The lowest BCUT2D eigenvalue weighted by Crippen LogP contribution is -2.14. The van der Waals surface area contributed by atoms with Gasteiger partial charge in [0.15, 0.2) is 10.9 Å². The summed E-state index contributed by atoms with van der Waals surface area (Å²) in [4.78, 5) is 27.9. The first-order valence-corrected chi connectivity index (χ1v) is 8.01. The number of methoxy groups -OCH3 is 1. The molecule has 2 aromatic rings. The molecule has 0 fully saturated rings. The van der Waals surface area contributed by atoms with Crippen LogP contribution in [0.15, 0.2) is 23.6 Å². The van der Waals surface area contributed by atoms with E-state index in [1.165, 1.54) is 25.4 Å². The Morgan fingerprint density at radius 1 is 1.30 bits per heavy atom. The van der Waals surface area contributed by atoms with E-state index in [1.54, 1.807) is 23.6 Å². The highest BCUT2D eigenvalue weighted by molar-refractivity contribution is 7.13. The van der Waals surface area contributed by atoms with Crippen LogP contribution in [-0.2, 0) is 0 Å². The number of nitrogens with one attached hydrogen (secondary N) is 2. The molecule has 1 heterocycles. The smallest absolute Gasteiger partial charge is 0.275 e. The second kappa shape index (κ2) is 7.23. The Morgan fingerprint density at radius 3 is 2.65 bits per heavy atom. The lowest BCUT2D eigenvalue weighted by Gasteiger charge is -2.10. The summed E-state index contributed by atoms with van der Waals surface area (Å²) in [5, 5.41) is 8.29. The first-order valence-electron chi connectivity index (χ1n) is 7.13. The van der Waals surface area contributed by atoms with E-state index in [1.807, 2.05) is 13.8 Å². The molecule has 0 saturated heterocycles. The average Bonchev–Trinajstić information content (AvgIpc) is 2.95. The Hall–Kier alpha value is -2.41. The number of ether oxygens (including phenoxy) is 1. The van der Waals surface area contributed by atoms with E-state index >= 15 is 0 Å². The van der Waals surface area contributed by atoms with Crippen molar-refractivity contribution in [3.8, 4) is 5.75 Å². The molecular formula is C16H19N3O3S. The van der Waals surface area contributed by atoms with E-state index in [0.29, 0.717) is 27.8 Å². The van der Waals surface area contributed by atoms with E-state index in [4.69, 9.17) is 4.74 Å². The quantitative estimate of drug-likeness (QED) is 0.792. The van der Waals surface area contributed by atoms with Crippen molar-refractivity contribution in [2.45, 2.75) is 26.8 Å². The molecule has 122 valence electrons. The van der Waals surface area contributed by atoms with Crippen LogP contribution in [-0.4, -0.2) is 29.8 Å². The van der Waals surface area contributed by atoms with E-state index < -0.39 is 0 Å². The molecule has 2 N–H and O–H groups in total. The van der Waals surface area contributed by atoms with Gasteiger partial charge in [0.2, 0.25) is 0 Å². The SMILES string of the molecule is COc1cc(C(C)=O)ccc1NC(=O)c1csc(NC(C)C)n1. The minimum absolute atomic E-state index is 0.0647. The molecule has 1 aromatic heterocycles. The molecule has 0 atom stereocenters. The van der Waals surface area contributed by atoms with Crippen LogP contribution in [0.3, 0.4) is 0 Å². The third kappa shape index (κ3) is 4.29. The maximum Gasteiger partial charge on any atom is 0.275 e. The largest absolute Gasteiger partial charge is 0.495 e. The number of amides is 1. The van der Waals surface area contributed by atoms with Crippen LogP contribution in [0.5, 0.6) is 5.75 Å². The van der Waals surface area contributed by atoms with Gasteiger partial charge in [-0.25, -0.2) is 4.98 Å². The number of Topliss-reactive ketones (excluding diaryl/α,β-unsaturated/α-hetero) is 1. The van der Waals surface area contributed by atoms with Gasteiger partial charge in [-0.3, -0.25) is 9.59 Å². The number of carbonyl (C=O) groups excluding carboxylic acids is 2. The van der Waals surface area contributed by atoms with Gasteiger partial charge >= 0.3 is 0 Å². The van der Waals surface area contributed by atoms with Gasteiger partial charge < -0.3 is 15.4 Å². The molecule has 0 aliphatic rings. The number of thiazole rings is 1. The molecule has 0 saturated carbocycles. The van der Waals surface area contributed by atoms with Gasteiger partial charge in [0.1, 0.15) is 11.4 Å². The lowest BCUT2D eigenvalue weighted by molar-refractivity contribution is 0.101. The third-order valence-electron chi connectivity index (χ3n) is 3.01. The van der Waals surface area contributed by atoms with Crippen molar-refractivity contribution < 1.29 is 14.3 Å². The van der Waals surface area contributed by atoms with Crippen LogP contribution in [0.2, 0.25) is 0 Å². The first-order chi connectivity index (χ1) is 10.9. The molecule has 0 radical (unpaired) electrons. The number of benzene rings is 1. The number of hydrogen-bond donors (Lipinski definition) is 2. The predicted octanol–water partition coefficient (Wildman–Crippen LogP) is 3.43. The number of anilines is 2. The number of carbonyl (C=O) groups is 2. The number of rotatable bonds is 6. The molecule has 0 bridgehead atoms. The van der Waals surface area contributed by atoms with Crippen LogP contribution in [0.25, 0.3) is 0 Å². The molecule has 0 spiro atoms. The molecule has 0 aliphatic heterocycles. The van der Waals surface area contributed by atoms with E-state index in [9.17, 15) is 9.59 Å². The Morgan fingerprint density at radius 2 is 2.04 bits per heavy atom. The Bertz CT molecular complexity index is 725. The summed E-state index contributed by atoms with van der Waals surface area (Å²) in [5.74, 6) is 0.0406. The number of hydrogen-bond acceptors (Lipinski definition) is 6. The average molecular weight is 333 g/mol. The van der Waals surface area contributed by atoms with Crippen molar-refractivity contribution in [1.29, 1.82) is 0 Å². The van der Waals surface area contributed by atoms with Crippen LogP contribution in [0.4, 0.5) is 10.8 Å². The summed E-state index contributed by atoms with van der Waals surface area (Å²) in [6.45, 7) is 5.48. The number of ketones is 1. The fraction of sp³-hybridized carbons (Fsp3) is 0.312. The van der Waals surface area contributed by atoms with Gasteiger partial charge in [0, 0.05) is 17.0 Å². The summed E-state index contributed by atoms with van der Waals surface area (Å²) < 4.78 is 5.23. The van der Waals surface area contributed by atoms with Crippen molar-refractivity contribution in [2.75, 3.05) is 17.7 Å². The highest BCUT2D eigenvalue weighted by atomic mass is 32.1. The topological polar surface area (TPSA) is 80.3 Å². The van der Waals surface area contributed by atoms with Crippen molar-refractivity contribution >= 4 is 33.8 Å². The second-order valence-corrected chi connectivity index (χ2v) is 6.12. The molecule has 2 rings (SSSR count). The monoisotopic (exact) mass is 333 g/mol. The number of nitrogens with zero attached hydrogens (tertiary/aromatic N) is 1. The van der Waals surface area contributed by atoms with Crippen LogP contribution in [0.1, 0.15) is 41.6 Å². The standard InChI is InChI=1S/C16H19N3O3S/c1-9(2)17-16-19-13(8-23-16)15(21)18-12-6-5-11(10(3)20)7-14(12)22-4/h5-9H,1-4H3,(H,17,19)(H,18,21). The van der Waals surface area contributed by atoms with Gasteiger partial charge in [-0.05, 0) is 39.0 Å². The van der Waals surface area contributed by atoms with Gasteiger partial charge in [0.25, 0.3) is 5.91 Å². The second-order valence-electron chi connectivity index (χ2n) is 5.26. The molecule has 1 aromatic carbocycles. The minimum Gasteiger partial charge on any atom is -0.495 e. The predicted molar refractivity (Wildman–Crippen MR) is 91.8 cm³/mol. The van der Waals surface area contributed by atoms with Crippen LogP contribution < -0.4 is 15.4 Å². The summed E-state index contributed by atoms with van der Waals surface area (Å²) in [6.07, 6.45) is 0. The van der Waals surface area contributed by atoms with Crippen molar-refractivity contribution in [2.24, 2.45) is 0 Å². The Kier molecular flexibility index (Phi) is 5.33. The fourth-order valence-corrected chi connectivity index (χ4v) is 2.73. The van der Waals surface area contributed by atoms with Crippen molar-refractivity contribution in [1.82, 2.24) is 4.98 Å². The van der Waals surface area contributed by atoms with Gasteiger partial charge in [0.05, 0.1) is 12.8 Å². The summed E-state index contributed by atoms with van der Waals surface area (Å²) >= 11 is 1.37. The molecular weight excluding hydrogens is 314 g/mol. The maximum atomic E-state index is 12.3. The van der Waals surface area contributed by atoms with Gasteiger partial charge in [-0.2, -0.15) is 0 Å². The van der Waals surface area contributed by atoms with Crippen LogP contribution in [0, 0.1) is 0 Å². The highest BCUT2D eigenvalue weighted by Crippen LogP contribution is 2.27.